The van der Waals surface area contributed by atoms with Gasteiger partial charge < -0.3 is 10.8 Å². The first-order valence-corrected chi connectivity index (χ1v) is 4.14. The van der Waals surface area contributed by atoms with Crippen molar-refractivity contribution < 1.29 is 9.90 Å². The van der Waals surface area contributed by atoms with Crippen molar-refractivity contribution in [1.29, 1.82) is 0 Å². The van der Waals surface area contributed by atoms with Gasteiger partial charge in [0.2, 0.25) is 0 Å². The first-order valence-electron chi connectivity index (χ1n) is 4.14. The van der Waals surface area contributed by atoms with Crippen molar-refractivity contribution in [2.45, 2.75) is 12.8 Å². The summed E-state index contributed by atoms with van der Waals surface area (Å²) in [5, 5.41) is 8.84. The van der Waals surface area contributed by atoms with Gasteiger partial charge in [-0.2, -0.15) is 0 Å². The van der Waals surface area contributed by atoms with Crippen molar-refractivity contribution in [3.8, 4) is 0 Å². The first kappa shape index (κ1) is 9.74. The number of aryl methyl sites for hydroxylation is 1. The van der Waals surface area contributed by atoms with Crippen molar-refractivity contribution in [1.82, 2.24) is 0 Å². The highest BCUT2D eigenvalue weighted by Gasteiger charge is 2.17. The normalized spacial score (nSPS) is 12.5. The van der Waals surface area contributed by atoms with E-state index < -0.39 is 11.9 Å². The van der Waals surface area contributed by atoms with Crippen LogP contribution < -0.4 is 5.73 Å². The molecule has 0 saturated heterocycles. The zero-order valence-corrected chi connectivity index (χ0v) is 7.53. The van der Waals surface area contributed by atoms with E-state index >= 15 is 0 Å². The van der Waals surface area contributed by atoms with Gasteiger partial charge in [-0.25, -0.2) is 0 Å². The zero-order valence-electron chi connectivity index (χ0n) is 7.53. The summed E-state index contributed by atoms with van der Waals surface area (Å²) in [5.74, 6) is -1.45. The van der Waals surface area contributed by atoms with E-state index in [1.54, 1.807) is 6.07 Å². The van der Waals surface area contributed by atoms with Gasteiger partial charge in [0.15, 0.2) is 0 Å². The highest BCUT2D eigenvalue weighted by molar-refractivity contribution is 5.76. The Labute approximate surface area is 77.2 Å². The third-order valence-electron chi connectivity index (χ3n) is 1.98. The number of hydrogen-bond acceptors (Lipinski definition) is 2. The van der Waals surface area contributed by atoms with Crippen LogP contribution in [0.2, 0.25) is 0 Å². The molecule has 1 unspecified atom stereocenters. The molecular weight excluding hydrogens is 166 g/mol. The molecule has 0 aromatic heterocycles. The van der Waals surface area contributed by atoms with Crippen molar-refractivity contribution in [3.05, 3.63) is 35.4 Å². The van der Waals surface area contributed by atoms with Crippen LogP contribution in [-0.4, -0.2) is 17.6 Å². The van der Waals surface area contributed by atoms with Gasteiger partial charge in [-0.05, 0) is 12.5 Å². The summed E-state index contributed by atoms with van der Waals surface area (Å²) in [4.78, 5) is 10.8. The van der Waals surface area contributed by atoms with Gasteiger partial charge in [-0.1, -0.05) is 29.8 Å². The van der Waals surface area contributed by atoms with E-state index in [0.717, 1.165) is 11.1 Å². The lowest BCUT2D eigenvalue weighted by Gasteiger charge is -2.09. The maximum atomic E-state index is 10.8. The molecule has 3 heteroatoms. The molecule has 3 nitrogen and oxygen atoms in total. The first-order chi connectivity index (χ1) is 6.15. The van der Waals surface area contributed by atoms with E-state index in [-0.39, 0.29) is 6.54 Å². The van der Waals surface area contributed by atoms with Crippen LogP contribution in [0.3, 0.4) is 0 Å². The number of benzene rings is 1. The molecule has 0 aliphatic heterocycles. The van der Waals surface area contributed by atoms with Crippen LogP contribution in [0.25, 0.3) is 0 Å². The fraction of sp³-hybridized carbons (Fsp3) is 0.300. The van der Waals surface area contributed by atoms with Gasteiger partial charge in [0.1, 0.15) is 0 Å². The summed E-state index contributed by atoms with van der Waals surface area (Å²) >= 11 is 0. The topological polar surface area (TPSA) is 63.3 Å². The molecule has 1 aromatic carbocycles. The Hall–Kier alpha value is -1.35. The minimum absolute atomic E-state index is 0.138. The Morgan fingerprint density at radius 2 is 2.31 bits per heavy atom. The Balaban J connectivity index is 2.98. The Morgan fingerprint density at radius 3 is 2.77 bits per heavy atom. The highest BCUT2D eigenvalue weighted by atomic mass is 16.4. The molecule has 0 aliphatic carbocycles. The molecule has 1 aromatic rings. The molecule has 13 heavy (non-hydrogen) atoms. The lowest BCUT2D eigenvalue weighted by molar-refractivity contribution is -0.138. The number of carbonyl (C=O) groups is 1. The van der Waals surface area contributed by atoms with Crippen molar-refractivity contribution in [2.24, 2.45) is 5.73 Å². The molecule has 0 heterocycles. The predicted molar refractivity (Wildman–Crippen MR) is 50.6 cm³/mol. The van der Waals surface area contributed by atoms with Crippen LogP contribution in [-0.2, 0) is 4.79 Å². The van der Waals surface area contributed by atoms with E-state index in [2.05, 4.69) is 0 Å². The predicted octanol–water partition coefficient (Wildman–Crippen LogP) is 1.12. The summed E-state index contributed by atoms with van der Waals surface area (Å²) in [5.41, 5.74) is 7.20. The van der Waals surface area contributed by atoms with Crippen LogP contribution in [0.15, 0.2) is 24.3 Å². The molecule has 0 fully saturated rings. The van der Waals surface area contributed by atoms with Gasteiger partial charge in [0.05, 0.1) is 5.92 Å². The largest absolute Gasteiger partial charge is 0.481 e. The summed E-state index contributed by atoms with van der Waals surface area (Å²) in [6.07, 6.45) is 0. The van der Waals surface area contributed by atoms with Crippen LogP contribution in [0.4, 0.5) is 0 Å². The minimum atomic E-state index is -0.867. The molecule has 0 saturated carbocycles. The Bertz CT molecular complexity index is 310. The molecule has 1 atom stereocenters. The second kappa shape index (κ2) is 4.05. The van der Waals surface area contributed by atoms with E-state index in [1.165, 1.54) is 0 Å². The number of carboxylic acid groups (broad SMARTS) is 1. The van der Waals surface area contributed by atoms with Crippen LogP contribution in [0, 0.1) is 6.92 Å². The minimum Gasteiger partial charge on any atom is -0.481 e. The van der Waals surface area contributed by atoms with Crippen molar-refractivity contribution in [2.75, 3.05) is 6.54 Å². The van der Waals surface area contributed by atoms with Gasteiger partial charge in [-0.3, -0.25) is 4.79 Å². The quantitative estimate of drug-likeness (QED) is 0.730. The van der Waals surface area contributed by atoms with Gasteiger partial charge in [0, 0.05) is 6.54 Å². The summed E-state index contributed by atoms with van der Waals surface area (Å²) in [6.45, 7) is 2.07. The van der Waals surface area contributed by atoms with Crippen LogP contribution in [0.1, 0.15) is 17.0 Å². The third-order valence-corrected chi connectivity index (χ3v) is 1.98. The standard InChI is InChI=1S/C10H13NO2/c1-7-3-2-4-8(5-7)9(6-11)10(12)13/h2-5,9H,6,11H2,1H3,(H,12,13). The second-order valence-electron chi connectivity index (χ2n) is 3.04. The molecule has 0 spiro atoms. The highest BCUT2D eigenvalue weighted by Crippen LogP contribution is 2.15. The molecule has 0 aliphatic rings. The van der Waals surface area contributed by atoms with Gasteiger partial charge in [0.25, 0.3) is 0 Å². The van der Waals surface area contributed by atoms with E-state index in [0.29, 0.717) is 0 Å². The number of rotatable bonds is 3. The molecule has 0 amide bonds. The molecular formula is C10H13NO2. The number of nitrogens with two attached hydrogens (primary N) is 1. The molecule has 3 N–H and O–H groups in total. The molecule has 1 rings (SSSR count). The lowest BCUT2D eigenvalue weighted by Crippen LogP contribution is -2.21. The average molecular weight is 179 g/mol. The summed E-state index contributed by atoms with van der Waals surface area (Å²) in [7, 11) is 0. The number of aliphatic carboxylic acids is 1. The van der Waals surface area contributed by atoms with E-state index in [4.69, 9.17) is 10.8 Å². The van der Waals surface area contributed by atoms with Gasteiger partial charge in [-0.15, -0.1) is 0 Å². The summed E-state index contributed by atoms with van der Waals surface area (Å²) < 4.78 is 0. The van der Waals surface area contributed by atoms with E-state index in [9.17, 15) is 4.79 Å². The lowest BCUT2D eigenvalue weighted by atomic mass is 9.98. The second-order valence-corrected chi connectivity index (χ2v) is 3.04. The Morgan fingerprint density at radius 1 is 1.62 bits per heavy atom. The maximum Gasteiger partial charge on any atom is 0.312 e. The van der Waals surface area contributed by atoms with Crippen LogP contribution in [0.5, 0.6) is 0 Å². The average Bonchev–Trinajstić information content (AvgIpc) is 2.04. The van der Waals surface area contributed by atoms with Gasteiger partial charge >= 0.3 is 5.97 Å². The monoisotopic (exact) mass is 179 g/mol. The summed E-state index contributed by atoms with van der Waals surface area (Å²) in [6, 6.07) is 7.42. The van der Waals surface area contributed by atoms with Crippen molar-refractivity contribution >= 4 is 5.97 Å². The SMILES string of the molecule is Cc1cccc(C(CN)C(=O)O)c1. The zero-order chi connectivity index (χ0) is 9.84. The van der Waals surface area contributed by atoms with Crippen LogP contribution >= 0.6 is 0 Å². The smallest absolute Gasteiger partial charge is 0.312 e. The van der Waals surface area contributed by atoms with Crippen molar-refractivity contribution in [3.63, 3.8) is 0 Å². The van der Waals surface area contributed by atoms with E-state index in [1.807, 2.05) is 25.1 Å². The fourth-order valence-electron chi connectivity index (χ4n) is 1.27. The molecule has 0 radical (unpaired) electrons. The number of hydrogen-bond donors (Lipinski definition) is 2. The maximum absolute atomic E-state index is 10.8. The Kier molecular flexibility index (Phi) is 3.03. The number of carboxylic acids is 1. The molecule has 0 bridgehead atoms. The fourth-order valence-corrected chi connectivity index (χ4v) is 1.27. The third kappa shape index (κ3) is 2.29. The molecule has 70 valence electrons.